The summed E-state index contributed by atoms with van der Waals surface area (Å²) in [5.41, 5.74) is 3.09. The molecule has 170 valence electrons. The summed E-state index contributed by atoms with van der Waals surface area (Å²) in [5.74, 6) is -1.05. The van der Waals surface area contributed by atoms with Gasteiger partial charge in [-0.25, -0.2) is 9.97 Å². The number of carbonyl (C=O) groups excluding carboxylic acids is 1. The number of para-hydroxylation sites is 2. The number of esters is 1. The van der Waals surface area contributed by atoms with Gasteiger partial charge in [0.15, 0.2) is 11.7 Å². The molecule has 0 aliphatic carbocycles. The number of unbranched alkanes of at least 4 members (excludes halogenated alkanes) is 1. The van der Waals surface area contributed by atoms with Crippen LogP contribution in [-0.2, 0) is 16.1 Å². The molecule has 0 amide bonds. The second-order valence-corrected chi connectivity index (χ2v) is 8.25. The van der Waals surface area contributed by atoms with Crippen molar-refractivity contribution in [3.63, 3.8) is 0 Å². The lowest BCUT2D eigenvalue weighted by Gasteiger charge is -2.36. The van der Waals surface area contributed by atoms with Crippen LogP contribution in [0.5, 0.6) is 0 Å². The summed E-state index contributed by atoms with van der Waals surface area (Å²) in [5, 5.41) is 9.86. The number of ether oxygens (including phenoxy) is 1. The first kappa shape index (κ1) is 22.7. The van der Waals surface area contributed by atoms with Gasteiger partial charge < -0.3 is 9.64 Å². The van der Waals surface area contributed by atoms with Crippen molar-refractivity contribution in [2.24, 2.45) is 0 Å². The van der Waals surface area contributed by atoms with Crippen molar-refractivity contribution in [2.75, 3.05) is 37.7 Å². The van der Waals surface area contributed by atoms with Gasteiger partial charge in [0.05, 0.1) is 23.7 Å². The van der Waals surface area contributed by atoms with Crippen LogP contribution < -0.4 is 4.90 Å². The Kier molecular flexibility index (Phi) is 7.48. The Labute approximate surface area is 194 Å². The Bertz CT molecular complexity index is 1120. The highest BCUT2D eigenvalue weighted by Crippen LogP contribution is 2.29. The van der Waals surface area contributed by atoms with Crippen LogP contribution in [0.25, 0.3) is 11.0 Å². The van der Waals surface area contributed by atoms with Gasteiger partial charge in [0.25, 0.3) is 0 Å². The SMILES string of the molecule is CCCCOC(=O)[C@@H](C#N)c1nc2ccccc2nc1N1CCN(Cc2ccccc2)CC1. The number of fused-ring (bicyclic) bond motifs is 1. The number of benzene rings is 2. The van der Waals surface area contributed by atoms with Crippen molar-refractivity contribution in [3.8, 4) is 6.07 Å². The second kappa shape index (κ2) is 10.9. The molecule has 1 fully saturated rings. The predicted molar refractivity (Wildman–Crippen MR) is 128 cm³/mol. The van der Waals surface area contributed by atoms with Gasteiger partial charge in [0, 0.05) is 32.7 Å². The fourth-order valence-corrected chi connectivity index (χ4v) is 4.02. The number of rotatable bonds is 8. The van der Waals surface area contributed by atoms with Gasteiger partial charge in [-0.3, -0.25) is 9.69 Å². The summed E-state index contributed by atoms with van der Waals surface area (Å²) in [6.45, 7) is 6.45. The number of hydrogen-bond donors (Lipinski definition) is 0. The molecule has 3 aromatic rings. The molecule has 1 aliphatic heterocycles. The van der Waals surface area contributed by atoms with Crippen LogP contribution in [0.15, 0.2) is 54.6 Å². The predicted octanol–water partition coefficient (Wildman–Crippen LogP) is 3.90. The van der Waals surface area contributed by atoms with Crippen LogP contribution in [-0.4, -0.2) is 53.6 Å². The number of piperazine rings is 1. The third-order valence-corrected chi connectivity index (χ3v) is 5.88. The third kappa shape index (κ3) is 5.47. The normalized spacial score (nSPS) is 15.2. The molecule has 33 heavy (non-hydrogen) atoms. The van der Waals surface area contributed by atoms with E-state index in [1.165, 1.54) is 5.56 Å². The zero-order valence-corrected chi connectivity index (χ0v) is 19.0. The van der Waals surface area contributed by atoms with Crippen LogP contribution >= 0.6 is 0 Å². The molecule has 7 heteroatoms. The van der Waals surface area contributed by atoms with E-state index in [1.807, 2.05) is 37.3 Å². The molecule has 2 heterocycles. The fraction of sp³-hybridized carbons (Fsp3) is 0.385. The quantitative estimate of drug-likeness (QED) is 0.386. The number of anilines is 1. The minimum atomic E-state index is -1.10. The van der Waals surface area contributed by atoms with E-state index in [-0.39, 0.29) is 0 Å². The largest absolute Gasteiger partial charge is 0.464 e. The summed E-state index contributed by atoms with van der Waals surface area (Å²) in [6.07, 6.45) is 1.68. The van der Waals surface area contributed by atoms with Crippen LogP contribution in [0.2, 0.25) is 0 Å². The van der Waals surface area contributed by atoms with E-state index < -0.39 is 11.9 Å². The monoisotopic (exact) mass is 443 g/mol. The minimum absolute atomic E-state index is 0.308. The first-order valence-electron chi connectivity index (χ1n) is 11.5. The van der Waals surface area contributed by atoms with Crippen molar-refractivity contribution < 1.29 is 9.53 Å². The van der Waals surface area contributed by atoms with Crippen molar-refractivity contribution in [1.29, 1.82) is 5.26 Å². The summed E-state index contributed by atoms with van der Waals surface area (Å²) >= 11 is 0. The number of nitriles is 1. The molecule has 0 bridgehead atoms. The van der Waals surface area contributed by atoms with Crippen LogP contribution in [0, 0.1) is 11.3 Å². The molecular formula is C26H29N5O2. The van der Waals surface area contributed by atoms with E-state index in [1.54, 1.807) is 0 Å². The molecule has 0 N–H and O–H groups in total. The van der Waals surface area contributed by atoms with Gasteiger partial charge in [-0.05, 0) is 24.1 Å². The van der Waals surface area contributed by atoms with Crippen LogP contribution in [0.1, 0.15) is 36.9 Å². The number of nitrogens with zero attached hydrogens (tertiary/aromatic N) is 5. The molecule has 1 atom stereocenters. The summed E-state index contributed by atoms with van der Waals surface area (Å²) in [4.78, 5) is 26.8. The summed E-state index contributed by atoms with van der Waals surface area (Å²) in [6, 6.07) is 20.1. The topological polar surface area (TPSA) is 82.3 Å². The molecule has 1 aromatic heterocycles. The number of aromatic nitrogens is 2. The van der Waals surface area contributed by atoms with Crippen molar-refractivity contribution in [1.82, 2.24) is 14.9 Å². The van der Waals surface area contributed by atoms with E-state index in [9.17, 15) is 10.1 Å². The molecule has 2 aromatic carbocycles. The maximum Gasteiger partial charge on any atom is 0.329 e. The van der Waals surface area contributed by atoms with Gasteiger partial charge >= 0.3 is 5.97 Å². The zero-order chi connectivity index (χ0) is 23.0. The Hall–Kier alpha value is -3.50. The van der Waals surface area contributed by atoms with Gasteiger partial charge in [-0.2, -0.15) is 5.26 Å². The Balaban J connectivity index is 1.57. The van der Waals surface area contributed by atoms with Crippen molar-refractivity contribution in [2.45, 2.75) is 32.2 Å². The van der Waals surface area contributed by atoms with E-state index in [4.69, 9.17) is 14.7 Å². The molecule has 7 nitrogen and oxygen atoms in total. The fourth-order valence-electron chi connectivity index (χ4n) is 4.02. The first-order chi connectivity index (χ1) is 16.2. The van der Waals surface area contributed by atoms with E-state index in [0.717, 1.165) is 51.1 Å². The second-order valence-electron chi connectivity index (χ2n) is 8.25. The van der Waals surface area contributed by atoms with Gasteiger partial charge in [-0.1, -0.05) is 55.8 Å². The maximum atomic E-state index is 12.7. The Morgan fingerprint density at radius 1 is 1.03 bits per heavy atom. The third-order valence-electron chi connectivity index (χ3n) is 5.88. The smallest absolute Gasteiger partial charge is 0.329 e. The van der Waals surface area contributed by atoms with E-state index >= 15 is 0 Å². The van der Waals surface area contributed by atoms with E-state index in [2.05, 4.69) is 40.1 Å². The highest BCUT2D eigenvalue weighted by atomic mass is 16.5. The standard InChI is InChI=1S/C26H29N5O2/c1-2-3-17-33-26(32)21(18-27)24-25(29-23-12-8-7-11-22(23)28-24)31-15-13-30(14-16-31)19-20-9-5-4-6-10-20/h4-12,21H,2-3,13-17,19H2,1H3/t21-/m0/s1. The molecule has 0 unspecified atom stereocenters. The number of hydrogen-bond acceptors (Lipinski definition) is 7. The summed E-state index contributed by atoms with van der Waals surface area (Å²) in [7, 11) is 0. The number of carbonyl (C=O) groups is 1. The average molecular weight is 444 g/mol. The molecule has 0 radical (unpaired) electrons. The first-order valence-corrected chi connectivity index (χ1v) is 11.5. The van der Waals surface area contributed by atoms with E-state index in [0.29, 0.717) is 23.6 Å². The molecule has 1 saturated heterocycles. The highest BCUT2D eigenvalue weighted by molar-refractivity contribution is 5.85. The lowest BCUT2D eigenvalue weighted by Crippen LogP contribution is -2.46. The van der Waals surface area contributed by atoms with Crippen molar-refractivity contribution in [3.05, 3.63) is 65.9 Å². The summed E-state index contributed by atoms with van der Waals surface area (Å²) < 4.78 is 5.37. The molecule has 0 spiro atoms. The minimum Gasteiger partial charge on any atom is -0.464 e. The van der Waals surface area contributed by atoms with Crippen LogP contribution in [0.3, 0.4) is 0 Å². The molecule has 0 saturated carbocycles. The molecule has 1 aliphatic rings. The molecule has 4 rings (SSSR count). The molecular weight excluding hydrogens is 414 g/mol. The Morgan fingerprint density at radius 2 is 1.70 bits per heavy atom. The van der Waals surface area contributed by atoms with Gasteiger partial charge in [0.1, 0.15) is 5.69 Å². The lowest BCUT2D eigenvalue weighted by molar-refractivity contribution is -0.144. The Morgan fingerprint density at radius 3 is 2.36 bits per heavy atom. The van der Waals surface area contributed by atoms with Gasteiger partial charge in [-0.15, -0.1) is 0 Å². The van der Waals surface area contributed by atoms with Crippen LogP contribution in [0.4, 0.5) is 5.82 Å². The zero-order valence-electron chi connectivity index (χ0n) is 19.0. The lowest BCUT2D eigenvalue weighted by atomic mass is 10.1. The average Bonchev–Trinajstić information content (AvgIpc) is 2.85. The van der Waals surface area contributed by atoms with Crippen molar-refractivity contribution >= 4 is 22.8 Å². The maximum absolute atomic E-state index is 12.7. The van der Waals surface area contributed by atoms with Gasteiger partial charge in [0.2, 0.25) is 0 Å². The highest BCUT2D eigenvalue weighted by Gasteiger charge is 2.31.